The molecule has 1 aliphatic heterocycles. The Morgan fingerprint density at radius 3 is 2.30 bits per heavy atom. The van der Waals surface area contributed by atoms with Gasteiger partial charge < -0.3 is 9.30 Å². The number of carbonyl (C=O) groups is 1. The Balaban J connectivity index is 1.31. The number of aryl methyl sites for hydroxylation is 1. The molecule has 1 saturated heterocycles. The zero-order valence-electron chi connectivity index (χ0n) is 22.2. The van der Waals surface area contributed by atoms with Crippen LogP contribution in [0.3, 0.4) is 0 Å². The summed E-state index contributed by atoms with van der Waals surface area (Å²) in [7, 11) is 0. The molecule has 8 nitrogen and oxygen atoms in total. The van der Waals surface area contributed by atoms with Gasteiger partial charge in [0, 0.05) is 62.2 Å². The van der Waals surface area contributed by atoms with Crippen LogP contribution in [0.1, 0.15) is 21.6 Å². The molecule has 1 fully saturated rings. The van der Waals surface area contributed by atoms with Crippen LogP contribution in [0, 0.1) is 17.0 Å². The molecule has 0 atom stereocenters. The number of nitrogens with zero attached hydrogens (tertiary/aromatic N) is 5. The highest BCUT2D eigenvalue weighted by Crippen LogP contribution is 2.30. The number of pyridine rings is 1. The Morgan fingerprint density at radius 2 is 1.57 bits per heavy atom. The third kappa shape index (κ3) is 5.09. The van der Waals surface area contributed by atoms with Crippen molar-refractivity contribution in [2.75, 3.05) is 26.2 Å². The van der Waals surface area contributed by atoms with E-state index in [-0.39, 0.29) is 16.5 Å². The summed E-state index contributed by atoms with van der Waals surface area (Å²) in [4.78, 5) is 33.3. The third-order valence-electron chi connectivity index (χ3n) is 7.49. The van der Waals surface area contributed by atoms with Gasteiger partial charge in [-0.15, -0.1) is 0 Å². The molecule has 1 amide bonds. The Labute approximate surface area is 232 Å². The van der Waals surface area contributed by atoms with Gasteiger partial charge in [-0.1, -0.05) is 60.2 Å². The highest BCUT2D eigenvalue weighted by Gasteiger charge is 2.25. The maximum atomic E-state index is 13.0. The summed E-state index contributed by atoms with van der Waals surface area (Å²) < 4.78 is 2.10. The number of amides is 1. The molecule has 5 aromatic rings. The smallest absolute Gasteiger partial charge is 0.270 e. The van der Waals surface area contributed by atoms with Gasteiger partial charge in [0.15, 0.2) is 0 Å². The van der Waals surface area contributed by atoms with Crippen molar-refractivity contribution in [3.63, 3.8) is 0 Å². The zero-order valence-corrected chi connectivity index (χ0v) is 22.2. The average Bonchev–Trinajstić information content (AvgIpc) is 3.35. The minimum atomic E-state index is -0.378. The van der Waals surface area contributed by atoms with Crippen LogP contribution in [0.15, 0.2) is 97.2 Å². The lowest BCUT2D eigenvalue weighted by Gasteiger charge is -2.34. The number of rotatable bonds is 6. The van der Waals surface area contributed by atoms with E-state index in [0.29, 0.717) is 30.8 Å². The first-order valence-electron chi connectivity index (χ1n) is 13.4. The fourth-order valence-electron chi connectivity index (χ4n) is 5.24. The summed E-state index contributed by atoms with van der Waals surface area (Å²) in [6.07, 6.45) is 2.09. The quantitative estimate of drug-likeness (QED) is 0.203. The molecule has 40 heavy (non-hydrogen) atoms. The summed E-state index contributed by atoms with van der Waals surface area (Å²) in [5.74, 6) is 0.0549. The second-order valence-electron chi connectivity index (χ2n) is 10.2. The third-order valence-corrected chi connectivity index (χ3v) is 7.49. The summed E-state index contributed by atoms with van der Waals surface area (Å²) >= 11 is 0. The number of hydrogen-bond donors (Lipinski definition) is 0. The molecular formula is C32H29N5O3. The van der Waals surface area contributed by atoms with E-state index in [1.807, 2.05) is 72.5 Å². The number of benzene rings is 3. The van der Waals surface area contributed by atoms with E-state index in [0.717, 1.165) is 46.8 Å². The molecule has 6 rings (SSSR count). The first kappa shape index (κ1) is 25.5. The van der Waals surface area contributed by atoms with Crippen molar-refractivity contribution in [3.05, 3.63) is 124 Å². The van der Waals surface area contributed by atoms with Gasteiger partial charge in [-0.05, 0) is 42.3 Å². The molecule has 3 heterocycles. The number of nitro groups is 1. The topological polar surface area (TPSA) is 84.0 Å². The lowest BCUT2D eigenvalue weighted by molar-refractivity contribution is -0.384. The van der Waals surface area contributed by atoms with Gasteiger partial charge in [0.1, 0.15) is 5.65 Å². The van der Waals surface area contributed by atoms with E-state index in [9.17, 15) is 14.9 Å². The molecular weight excluding hydrogens is 502 g/mol. The monoisotopic (exact) mass is 531 g/mol. The van der Waals surface area contributed by atoms with Crippen molar-refractivity contribution < 1.29 is 9.72 Å². The molecule has 0 radical (unpaired) electrons. The maximum absolute atomic E-state index is 13.0. The van der Waals surface area contributed by atoms with Crippen molar-refractivity contribution in [3.8, 4) is 22.4 Å². The summed E-state index contributed by atoms with van der Waals surface area (Å²) in [5.41, 5.74) is 7.22. The fourth-order valence-corrected chi connectivity index (χ4v) is 5.24. The van der Waals surface area contributed by atoms with Crippen molar-refractivity contribution in [2.24, 2.45) is 0 Å². The number of carbonyl (C=O) groups excluding carboxylic acids is 1. The van der Waals surface area contributed by atoms with Gasteiger partial charge in [-0.2, -0.15) is 0 Å². The summed E-state index contributed by atoms with van der Waals surface area (Å²) in [6.45, 7) is 5.31. The van der Waals surface area contributed by atoms with E-state index in [4.69, 9.17) is 4.98 Å². The first-order chi connectivity index (χ1) is 19.5. The molecule has 0 spiro atoms. The highest BCUT2D eigenvalue weighted by molar-refractivity contribution is 5.94. The molecule has 2 aromatic heterocycles. The van der Waals surface area contributed by atoms with Gasteiger partial charge in [0.25, 0.3) is 11.6 Å². The highest BCUT2D eigenvalue weighted by atomic mass is 16.6. The van der Waals surface area contributed by atoms with Gasteiger partial charge in [0.05, 0.1) is 16.3 Å². The minimum absolute atomic E-state index is 0.0358. The van der Waals surface area contributed by atoms with Gasteiger partial charge in [-0.25, -0.2) is 4.98 Å². The number of aromatic nitrogens is 2. The number of nitro benzene ring substituents is 1. The molecule has 3 aromatic carbocycles. The summed E-state index contributed by atoms with van der Waals surface area (Å²) in [5, 5.41) is 11.5. The van der Waals surface area contributed by atoms with E-state index < -0.39 is 0 Å². The molecule has 0 unspecified atom stereocenters. The largest absolute Gasteiger partial charge is 0.336 e. The number of non-ortho nitro benzene ring substituents is 1. The normalized spacial score (nSPS) is 14.0. The standard InChI is InChI=1S/C32H29N5O3/c1-23-10-12-25(13-11-23)32(38)35-18-16-34(17-19-35)22-29-31(26-8-5-9-28(20-26)37(39)40)33-30-15-14-27(21-36(29)30)24-6-3-2-4-7-24/h2-15,20-21H,16-19,22H2,1H3. The zero-order chi connectivity index (χ0) is 27.6. The fraction of sp³-hybridized carbons (Fsp3) is 0.188. The molecule has 200 valence electrons. The Morgan fingerprint density at radius 1 is 0.850 bits per heavy atom. The maximum Gasteiger partial charge on any atom is 0.270 e. The molecule has 1 aliphatic rings. The summed E-state index contributed by atoms with van der Waals surface area (Å²) in [6, 6.07) is 28.6. The molecule has 0 aliphatic carbocycles. The van der Waals surface area contributed by atoms with Crippen LogP contribution in [0.5, 0.6) is 0 Å². The Hall–Kier alpha value is -4.82. The van der Waals surface area contributed by atoms with E-state index in [1.165, 1.54) is 6.07 Å². The number of fused-ring (bicyclic) bond motifs is 1. The van der Waals surface area contributed by atoms with Crippen LogP contribution in [0.25, 0.3) is 28.0 Å². The lowest BCUT2D eigenvalue weighted by atomic mass is 10.1. The van der Waals surface area contributed by atoms with E-state index in [2.05, 4.69) is 27.6 Å². The van der Waals surface area contributed by atoms with Crippen molar-refractivity contribution >= 4 is 17.2 Å². The second-order valence-corrected chi connectivity index (χ2v) is 10.2. The minimum Gasteiger partial charge on any atom is -0.336 e. The Kier molecular flexibility index (Phi) is 6.84. The Bertz CT molecular complexity index is 1690. The van der Waals surface area contributed by atoms with Crippen molar-refractivity contribution in [2.45, 2.75) is 13.5 Å². The van der Waals surface area contributed by atoms with Crippen molar-refractivity contribution in [1.29, 1.82) is 0 Å². The van der Waals surface area contributed by atoms with Gasteiger partial charge >= 0.3 is 0 Å². The van der Waals surface area contributed by atoms with Crippen LogP contribution in [0.2, 0.25) is 0 Å². The molecule has 0 N–H and O–H groups in total. The SMILES string of the molecule is Cc1ccc(C(=O)N2CCN(Cc3c(-c4cccc([N+](=O)[O-])c4)nc4ccc(-c5ccccc5)cn34)CC2)cc1. The van der Waals surface area contributed by atoms with Crippen LogP contribution in [0.4, 0.5) is 5.69 Å². The van der Waals surface area contributed by atoms with Gasteiger partial charge in [0.2, 0.25) is 0 Å². The molecule has 0 bridgehead atoms. The van der Waals surface area contributed by atoms with Crippen LogP contribution >= 0.6 is 0 Å². The average molecular weight is 532 g/mol. The van der Waals surface area contributed by atoms with Crippen LogP contribution < -0.4 is 0 Å². The van der Waals surface area contributed by atoms with E-state index >= 15 is 0 Å². The molecule has 0 saturated carbocycles. The first-order valence-corrected chi connectivity index (χ1v) is 13.4. The number of hydrogen-bond acceptors (Lipinski definition) is 5. The number of piperazine rings is 1. The van der Waals surface area contributed by atoms with E-state index in [1.54, 1.807) is 12.1 Å². The predicted octanol–water partition coefficient (Wildman–Crippen LogP) is 5.84. The van der Waals surface area contributed by atoms with Crippen LogP contribution in [-0.4, -0.2) is 56.2 Å². The van der Waals surface area contributed by atoms with Gasteiger partial charge in [-0.3, -0.25) is 19.8 Å². The lowest BCUT2D eigenvalue weighted by Crippen LogP contribution is -2.48. The second kappa shape index (κ2) is 10.7. The van der Waals surface area contributed by atoms with Crippen molar-refractivity contribution in [1.82, 2.24) is 19.2 Å². The predicted molar refractivity (Wildman–Crippen MR) is 155 cm³/mol. The number of imidazole rings is 1. The molecule has 8 heteroatoms. The van der Waals surface area contributed by atoms with Crippen LogP contribution in [-0.2, 0) is 6.54 Å².